The fraction of sp³-hybridized carbons (Fsp3) is 0.300. The van der Waals surface area contributed by atoms with Gasteiger partial charge in [-0.25, -0.2) is 4.90 Å². The SMILES string of the molecule is O=C1C[C@@H]([NH+]2CCN(c3ccc(Cl)c(Cl)c3)CC2)C(=O)N1c1ccccc1. The van der Waals surface area contributed by atoms with Crippen LogP contribution in [-0.4, -0.2) is 44.0 Å². The molecule has 2 aliphatic rings. The highest BCUT2D eigenvalue weighted by Crippen LogP contribution is 2.27. The standard InChI is InChI=1S/C20H19Cl2N3O2/c21-16-7-6-15(12-17(16)22)23-8-10-24(11-9-23)18-13-19(26)25(20(18)27)14-4-2-1-3-5-14/h1-7,12,18H,8-11,13H2/p+1/t18-/m1/s1. The molecule has 2 fully saturated rings. The number of piperazine rings is 1. The lowest BCUT2D eigenvalue weighted by atomic mass is 10.1. The molecule has 0 aliphatic carbocycles. The second-order valence-corrected chi connectivity index (χ2v) is 7.72. The molecule has 0 radical (unpaired) electrons. The summed E-state index contributed by atoms with van der Waals surface area (Å²) in [6.07, 6.45) is 0.274. The molecule has 27 heavy (non-hydrogen) atoms. The van der Waals surface area contributed by atoms with Crippen LogP contribution in [-0.2, 0) is 9.59 Å². The molecule has 0 aromatic heterocycles. The first-order chi connectivity index (χ1) is 13.0. The number of halogens is 2. The maximum absolute atomic E-state index is 12.9. The van der Waals surface area contributed by atoms with Crippen LogP contribution in [0.3, 0.4) is 0 Å². The molecule has 140 valence electrons. The molecular formula is C20H20Cl2N3O2+. The Kier molecular flexibility index (Phi) is 5.08. The first-order valence-electron chi connectivity index (χ1n) is 9.01. The number of benzene rings is 2. The third-order valence-electron chi connectivity index (χ3n) is 5.33. The van der Waals surface area contributed by atoms with Crippen molar-refractivity contribution in [1.82, 2.24) is 0 Å². The van der Waals surface area contributed by atoms with Crippen molar-refractivity contribution in [2.75, 3.05) is 36.0 Å². The highest BCUT2D eigenvalue weighted by Gasteiger charge is 2.46. The topological polar surface area (TPSA) is 45.1 Å². The van der Waals surface area contributed by atoms with Gasteiger partial charge in [0, 0.05) is 5.69 Å². The zero-order valence-corrected chi connectivity index (χ0v) is 16.2. The Bertz CT molecular complexity index is 867. The summed E-state index contributed by atoms with van der Waals surface area (Å²) in [5.74, 6) is -0.209. The molecule has 2 saturated heterocycles. The number of rotatable bonds is 3. The fourth-order valence-electron chi connectivity index (χ4n) is 3.88. The zero-order valence-electron chi connectivity index (χ0n) is 14.7. The Morgan fingerprint density at radius 1 is 0.889 bits per heavy atom. The van der Waals surface area contributed by atoms with Gasteiger partial charge in [0.15, 0.2) is 6.04 Å². The quantitative estimate of drug-likeness (QED) is 0.796. The first kappa shape index (κ1) is 18.3. The smallest absolute Gasteiger partial charge is 0.292 e. The van der Waals surface area contributed by atoms with Gasteiger partial charge in [0.2, 0.25) is 5.91 Å². The van der Waals surface area contributed by atoms with Gasteiger partial charge in [-0.05, 0) is 30.3 Å². The second kappa shape index (κ2) is 7.50. The molecule has 0 spiro atoms. The molecular weight excluding hydrogens is 385 g/mol. The van der Waals surface area contributed by atoms with Crippen molar-refractivity contribution in [2.45, 2.75) is 12.5 Å². The summed E-state index contributed by atoms with van der Waals surface area (Å²) in [5, 5.41) is 1.08. The Hall–Kier alpha value is -2.08. The molecule has 2 heterocycles. The maximum Gasteiger partial charge on any atom is 0.292 e. The average molecular weight is 405 g/mol. The molecule has 0 saturated carbocycles. The number of amides is 2. The number of hydrogen-bond donors (Lipinski definition) is 1. The minimum atomic E-state index is -0.298. The summed E-state index contributed by atoms with van der Waals surface area (Å²) in [4.78, 5) is 30.1. The summed E-state index contributed by atoms with van der Waals surface area (Å²) in [7, 11) is 0. The number of carbonyl (C=O) groups excluding carboxylic acids is 2. The van der Waals surface area contributed by atoms with Gasteiger partial charge in [-0.2, -0.15) is 0 Å². The van der Waals surface area contributed by atoms with E-state index in [-0.39, 0.29) is 24.3 Å². The van der Waals surface area contributed by atoms with Crippen LogP contribution in [0.4, 0.5) is 11.4 Å². The Morgan fingerprint density at radius 3 is 2.26 bits per heavy atom. The van der Waals surface area contributed by atoms with Gasteiger partial charge in [0.25, 0.3) is 5.91 Å². The summed E-state index contributed by atoms with van der Waals surface area (Å²) >= 11 is 12.1. The maximum atomic E-state index is 12.9. The minimum absolute atomic E-state index is 0.0933. The lowest BCUT2D eigenvalue weighted by molar-refractivity contribution is -0.915. The van der Waals surface area contributed by atoms with Gasteiger partial charge in [0.1, 0.15) is 0 Å². The molecule has 1 N–H and O–H groups in total. The molecule has 2 aliphatic heterocycles. The molecule has 0 bridgehead atoms. The van der Waals surface area contributed by atoms with Gasteiger partial charge in [-0.15, -0.1) is 0 Å². The van der Waals surface area contributed by atoms with Crippen LogP contribution in [0, 0.1) is 0 Å². The van der Waals surface area contributed by atoms with Crippen LogP contribution < -0.4 is 14.7 Å². The highest BCUT2D eigenvalue weighted by atomic mass is 35.5. The number of quaternary nitrogens is 1. The summed E-state index contributed by atoms with van der Waals surface area (Å²) in [5.41, 5.74) is 1.69. The molecule has 2 amide bonds. The van der Waals surface area contributed by atoms with Crippen molar-refractivity contribution >= 4 is 46.4 Å². The van der Waals surface area contributed by atoms with E-state index in [2.05, 4.69) is 4.90 Å². The number of carbonyl (C=O) groups is 2. The zero-order chi connectivity index (χ0) is 19.0. The Labute approximate surface area is 168 Å². The van der Waals surface area contributed by atoms with Gasteiger partial charge in [0.05, 0.1) is 48.3 Å². The first-order valence-corrected chi connectivity index (χ1v) is 9.76. The van der Waals surface area contributed by atoms with Crippen molar-refractivity contribution in [1.29, 1.82) is 0 Å². The monoisotopic (exact) mass is 404 g/mol. The molecule has 0 unspecified atom stereocenters. The van der Waals surface area contributed by atoms with Crippen LogP contribution in [0.25, 0.3) is 0 Å². The van der Waals surface area contributed by atoms with Gasteiger partial charge in [-0.3, -0.25) is 9.59 Å². The lowest BCUT2D eigenvalue weighted by Gasteiger charge is -2.35. The molecule has 4 rings (SSSR count). The normalized spacial score (nSPS) is 21.2. The van der Waals surface area contributed by atoms with Crippen molar-refractivity contribution in [2.24, 2.45) is 0 Å². The van der Waals surface area contributed by atoms with Crippen LogP contribution in [0.5, 0.6) is 0 Å². The molecule has 1 atom stereocenters. The van der Waals surface area contributed by atoms with Crippen molar-refractivity contribution in [3.63, 3.8) is 0 Å². The van der Waals surface area contributed by atoms with E-state index in [0.29, 0.717) is 15.7 Å². The number of nitrogens with one attached hydrogen (secondary N) is 1. The van der Waals surface area contributed by atoms with Crippen LogP contribution in [0.2, 0.25) is 10.0 Å². The number of nitrogens with zero attached hydrogens (tertiary/aromatic N) is 2. The summed E-state index contributed by atoms with van der Waals surface area (Å²) in [6, 6.07) is 14.5. The van der Waals surface area contributed by atoms with Gasteiger partial charge >= 0.3 is 0 Å². The van der Waals surface area contributed by atoms with Gasteiger partial charge in [-0.1, -0.05) is 41.4 Å². The van der Waals surface area contributed by atoms with Crippen molar-refractivity contribution in [3.05, 3.63) is 58.6 Å². The summed E-state index contributed by atoms with van der Waals surface area (Å²) < 4.78 is 0. The predicted molar refractivity (Wildman–Crippen MR) is 107 cm³/mol. The molecule has 5 nitrogen and oxygen atoms in total. The second-order valence-electron chi connectivity index (χ2n) is 6.90. The van der Waals surface area contributed by atoms with Crippen molar-refractivity contribution < 1.29 is 14.5 Å². The third kappa shape index (κ3) is 3.55. The average Bonchev–Trinajstić information content (AvgIpc) is 2.99. The largest absolute Gasteiger partial charge is 0.360 e. The molecule has 7 heteroatoms. The van der Waals surface area contributed by atoms with Crippen molar-refractivity contribution in [3.8, 4) is 0 Å². The van der Waals surface area contributed by atoms with E-state index in [9.17, 15) is 9.59 Å². The van der Waals surface area contributed by atoms with Crippen LogP contribution in [0.15, 0.2) is 48.5 Å². The number of anilines is 2. The minimum Gasteiger partial charge on any atom is -0.360 e. The van der Waals surface area contributed by atoms with E-state index < -0.39 is 0 Å². The predicted octanol–water partition coefficient (Wildman–Crippen LogP) is 2.03. The van der Waals surface area contributed by atoms with E-state index in [4.69, 9.17) is 23.2 Å². The van der Waals surface area contributed by atoms with E-state index >= 15 is 0 Å². The molecule has 2 aromatic rings. The third-order valence-corrected chi connectivity index (χ3v) is 6.07. The van der Waals surface area contributed by atoms with Crippen LogP contribution >= 0.6 is 23.2 Å². The van der Waals surface area contributed by atoms with Crippen LogP contribution in [0.1, 0.15) is 6.42 Å². The van der Waals surface area contributed by atoms with E-state index in [0.717, 1.165) is 31.9 Å². The number of para-hydroxylation sites is 1. The summed E-state index contributed by atoms with van der Waals surface area (Å²) in [6.45, 7) is 3.20. The number of imide groups is 1. The highest BCUT2D eigenvalue weighted by molar-refractivity contribution is 6.42. The lowest BCUT2D eigenvalue weighted by Crippen LogP contribution is -3.19. The van der Waals surface area contributed by atoms with E-state index in [1.807, 2.05) is 30.3 Å². The number of hydrogen-bond acceptors (Lipinski definition) is 3. The van der Waals surface area contributed by atoms with Gasteiger partial charge < -0.3 is 9.80 Å². The Balaban J connectivity index is 1.43. The Morgan fingerprint density at radius 2 is 1.59 bits per heavy atom. The molecule has 2 aromatic carbocycles. The van der Waals surface area contributed by atoms with E-state index in [1.54, 1.807) is 18.2 Å². The van der Waals surface area contributed by atoms with E-state index in [1.165, 1.54) is 9.80 Å². The fourth-order valence-corrected chi connectivity index (χ4v) is 4.17.